The Balaban J connectivity index is 3.20. The molecule has 0 spiro atoms. The van der Waals surface area contributed by atoms with E-state index in [-0.39, 0.29) is 11.5 Å². The molecule has 0 aliphatic heterocycles. The fourth-order valence-corrected chi connectivity index (χ4v) is 1.67. The third kappa shape index (κ3) is 4.87. The summed E-state index contributed by atoms with van der Waals surface area (Å²) < 4.78 is 6.07. The lowest BCUT2D eigenvalue weighted by Gasteiger charge is -2.23. The summed E-state index contributed by atoms with van der Waals surface area (Å²) in [5.74, 6) is 2.86. The molecule has 0 aromatic carbocycles. The van der Waals surface area contributed by atoms with Gasteiger partial charge in [0, 0.05) is 12.0 Å². The average Bonchev–Trinajstić information content (AvgIpc) is 2.38. The van der Waals surface area contributed by atoms with Crippen LogP contribution in [0.4, 0.5) is 5.82 Å². The molecule has 0 aliphatic carbocycles. The first kappa shape index (κ1) is 17.7. The molecule has 0 bridgehead atoms. The summed E-state index contributed by atoms with van der Waals surface area (Å²) in [5.41, 5.74) is 0.888. The molecule has 0 saturated carbocycles. The van der Waals surface area contributed by atoms with Crippen LogP contribution in [0.5, 0.6) is 5.88 Å². The van der Waals surface area contributed by atoms with Crippen molar-refractivity contribution in [2.75, 3.05) is 11.9 Å². The lowest BCUT2D eigenvalue weighted by atomic mass is 9.95. The Bertz CT molecular complexity index is 464. The Hall–Kier alpha value is -1.32. The number of anilines is 1. The zero-order valence-corrected chi connectivity index (χ0v) is 14.9. The maximum absolute atomic E-state index is 6.07. The first-order chi connectivity index (χ1) is 9.66. The number of rotatable bonds is 6. The fraction of sp³-hybridized carbons (Fsp3) is 0.765. The van der Waals surface area contributed by atoms with Gasteiger partial charge >= 0.3 is 0 Å². The highest BCUT2D eigenvalue weighted by Gasteiger charge is 2.23. The molecule has 0 saturated heterocycles. The van der Waals surface area contributed by atoms with Crippen molar-refractivity contribution in [2.24, 2.45) is 5.92 Å². The van der Waals surface area contributed by atoms with Gasteiger partial charge in [0.05, 0.1) is 11.7 Å². The van der Waals surface area contributed by atoms with Crippen LogP contribution in [-0.2, 0) is 5.41 Å². The van der Waals surface area contributed by atoms with Crippen molar-refractivity contribution in [3.63, 3.8) is 0 Å². The number of hydrogen-bond acceptors (Lipinski definition) is 4. The quantitative estimate of drug-likeness (QED) is 0.848. The number of aromatic nitrogens is 2. The first-order valence-electron chi connectivity index (χ1n) is 7.96. The lowest BCUT2D eigenvalue weighted by molar-refractivity contribution is 0.161. The molecular formula is C17H31N3O. The standard InChI is InChI=1S/C17H31N3O/c1-9-10-18-14-12(4)15(21-13(5)11(2)3)20-16(19-14)17(6,7)8/h11,13H,9-10H2,1-8H3,(H,18,19,20). The summed E-state index contributed by atoms with van der Waals surface area (Å²) in [6.07, 6.45) is 1.19. The van der Waals surface area contributed by atoms with Gasteiger partial charge in [-0.25, -0.2) is 4.98 Å². The summed E-state index contributed by atoms with van der Waals surface area (Å²) in [4.78, 5) is 9.35. The monoisotopic (exact) mass is 293 g/mol. The number of hydrogen-bond donors (Lipinski definition) is 1. The SMILES string of the molecule is CCCNc1nc(C(C)(C)C)nc(OC(C)C(C)C)c1C. The molecular weight excluding hydrogens is 262 g/mol. The zero-order chi connectivity index (χ0) is 16.2. The van der Waals surface area contributed by atoms with Crippen LogP contribution in [0.1, 0.15) is 66.3 Å². The Morgan fingerprint density at radius 1 is 1.14 bits per heavy atom. The van der Waals surface area contributed by atoms with Gasteiger partial charge in [0.15, 0.2) is 0 Å². The molecule has 4 heteroatoms. The minimum Gasteiger partial charge on any atom is -0.474 e. The van der Waals surface area contributed by atoms with Crippen LogP contribution in [0.3, 0.4) is 0 Å². The summed E-state index contributed by atoms with van der Waals surface area (Å²) in [6.45, 7) is 17.8. The lowest BCUT2D eigenvalue weighted by Crippen LogP contribution is -2.23. The van der Waals surface area contributed by atoms with Crippen molar-refractivity contribution in [1.82, 2.24) is 9.97 Å². The molecule has 1 aromatic heterocycles. The highest BCUT2D eigenvalue weighted by atomic mass is 16.5. The van der Waals surface area contributed by atoms with E-state index >= 15 is 0 Å². The smallest absolute Gasteiger partial charge is 0.222 e. The van der Waals surface area contributed by atoms with Gasteiger partial charge in [0.2, 0.25) is 5.88 Å². The maximum Gasteiger partial charge on any atom is 0.222 e. The molecule has 21 heavy (non-hydrogen) atoms. The molecule has 1 heterocycles. The minimum atomic E-state index is -0.102. The van der Waals surface area contributed by atoms with E-state index < -0.39 is 0 Å². The van der Waals surface area contributed by atoms with E-state index in [0.29, 0.717) is 11.8 Å². The van der Waals surface area contributed by atoms with E-state index in [1.165, 1.54) is 0 Å². The Morgan fingerprint density at radius 3 is 2.24 bits per heavy atom. The molecule has 1 aromatic rings. The molecule has 1 N–H and O–H groups in total. The molecule has 4 nitrogen and oxygen atoms in total. The average molecular weight is 293 g/mol. The predicted molar refractivity (Wildman–Crippen MR) is 89.2 cm³/mol. The van der Waals surface area contributed by atoms with Crippen molar-refractivity contribution < 1.29 is 4.74 Å². The molecule has 1 atom stereocenters. The topological polar surface area (TPSA) is 47.0 Å². The molecule has 0 amide bonds. The van der Waals surface area contributed by atoms with Crippen molar-refractivity contribution in [3.05, 3.63) is 11.4 Å². The first-order valence-corrected chi connectivity index (χ1v) is 7.96. The van der Waals surface area contributed by atoms with E-state index in [1.807, 2.05) is 6.92 Å². The van der Waals surface area contributed by atoms with E-state index in [4.69, 9.17) is 9.72 Å². The number of nitrogens with one attached hydrogen (secondary N) is 1. The van der Waals surface area contributed by atoms with Gasteiger partial charge < -0.3 is 10.1 Å². The van der Waals surface area contributed by atoms with E-state index in [9.17, 15) is 0 Å². The summed E-state index contributed by atoms with van der Waals surface area (Å²) in [7, 11) is 0. The van der Waals surface area contributed by atoms with Crippen LogP contribution >= 0.6 is 0 Å². The highest BCUT2D eigenvalue weighted by Crippen LogP contribution is 2.28. The molecule has 120 valence electrons. The largest absolute Gasteiger partial charge is 0.474 e. The van der Waals surface area contributed by atoms with E-state index in [0.717, 1.165) is 30.2 Å². The fourth-order valence-electron chi connectivity index (χ4n) is 1.67. The molecule has 1 unspecified atom stereocenters. The van der Waals surface area contributed by atoms with Gasteiger partial charge in [-0.05, 0) is 26.2 Å². The second-order valence-corrected chi connectivity index (χ2v) is 7.07. The molecule has 1 rings (SSSR count). The van der Waals surface area contributed by atoms with Gasteiger partial charge in [0.1, 0.15) is 11.6 Å². The Morgan fingerprint density at radius 2 is 1.76 bits per heavy atom. The Kier molecular flexibility index (Phi) is 5.99. The maximum atomic E-state index is 6.07. The van der Waals surface area contributed by atoms with Gasteiger partial charge in [0.25, 0.3) is 0 Å². The van der Waals surface area contributed by atoms with Crippen LogP contribution in [0, 0.1) is 12.8 Å². The van der Waals surface area contributed by atoms with E-state index in [2.05, 4.69) is 58.8 Å². The van der Waals surface area contributed by atoms with Crippen LogP contribution in [0.15, 0.2) is 0 Å². The van der Waals surface area contributed by atoms with Crippen molar-refractivity contribution >= 4 is 5.82 Å². The Labute approximate surface area is 129 Å². The summed E-state index contributed by atoms with van der Waals surface area (Å²) in [5, 5.41) is 3.39. The van der Waals surface area contributed by atoms with Crippen molar-refractivity contribution in [3.8, 4) is 5.88 Å². The second-order valence-electron chi connectivity index (χ2n) is 7.07. The minimum absolute atomic E-state index is 0.102. The van der Waals surface area contributed by atoms with Crippen molar-refractivity contribution in [2.45, 2.75) is 73.3 Å². The zero-order valence-electron chi connectivity index (χ0n) is 14.9. The van der Waals surface area contributed by atoms with E-state index in [1.54, 1.807) is 0 Å². The van der Waals surface area contributed by atoms with Crippen LogP contribution in [0.25, 0.3) is 0 Å². The van der Waals surface area contributed by atoms with Gasteiger partial charge in [-0.15, -0.1) is 0 Å². The van der Waals surface area contributed by atoms with Gasteiger partial charge in [-0.2, -0.15) is 4.98 Å². The van der Waals surface area contributed by atoms with Crippen LogP contribution in [0.2, 0.25) is 0 Å². The predicted octanol–water partition coefficient (Wildman–Crippen LogP) is 4.33. The normalized spacial score (nSPS) is 13.4. The van der Waals surface area contributed by atoms with Gasteiger partial charge in [-0.3, -0.25) is 0 Å². The summed E-state index contributed by atoms with van der Waals surface area (Å²) in [6, 6.07) is 0. The van der Waals surface area contributed by atoms with Crippen molar-refractivity contribution in [1.29, 1.82) is 0 Å². The third-order valence-corrected chi connectivity index (χ3v) is 3.55. The molecule has 0 radical (unpaired) electrons. The number of nitrogens with zero attached hydrogens (tertiary/aromatic N) is 2. The second kappa shape index (κ2) is 7.10. The molecule has 0 fully saturated rings. The number of ether oxygens (including phenoxy) is 1. The van der Waals surface area contributed by atoms with Crippen LogP contribution < -0.4 is 10.1 Å². The van der Waals surface area contributed by atoms with Crippen LogP contribution in [-0.4, -0.2) is 22.6 Å². The third-order valence-electron chi connectivity index (χ3n) is 3.55. The molecule has 0 aliphatic rings. The van der Waals surface area contributed by atoms with Gasteiger partial charge in [-0.1, -0.05) is 41.5 Å². The highest BCUT2D eigenvalue weighted by molar-refractivity contribution is 5.49. The summed E-state index contributed by atoms with van der Waals surface area (Å²) >= 11 is 0.